The van der Waals surface area contributed by atoms with Crippen LogP contribution >= 0.6 is 0 Å². The van der Waals surface area contributed by atoms with Crippen molar-refractivity contribution in [1.29, 1.82) is 0 Å². The van der Waals surface area contributed by atoms with Crippen LogP contribution in [0.25, 0.3) is 17.1 Å². The molecule has 2 N–H and O–H groups in total. The van der Waals surface area contributed by atoms with E-state index in [1.807, 2.05) is 12.1 Å². The molecule has 7 heteroatoms. The van der Waals surface area contributed by atoms with Crippen LogP contribution in [0.2, 0.25) is 0 Å². The fourth-order valence-electron chi connectivity index (χ4n) is 2.03. The third kappa shape index (κ3) is 2.29. The molecule has 6 nitrogen and oxygen atoms in total. The molecule has 0 saturated heterocycles. The smallest absolute Gasteiger partial charge is 0.190 e. The number of aromatic nitrogens is 4. The van der Waals surface area contributed by atoms with Crippen LogP contribution in [0.3, 0.4) is 0 Å². The van der Waals surface area contributed by atoms with Crippen LogP contribution in [0.15, 0.2) is 42.5 Å². The van der Waals surface area contributed by atoms with Gasteiger partial charge in [0.1, 0.15) is 17.3 Å². The van der Waals surface area contributed by atoms with E-state index >= 15 is 0 Å². The molecule has 21 heavy (non-hydrogen) atoms. The van der Waals surface area contributed by atoms with E-state index in [2.05, 4.69) is 15.5 Å². The second-order valence-corrected chi connectivity index (χ2v) is 4.33. The summed E-state index contributed by atoms with van der Waals surface area (Å²) < 4.78 is 20.8. The molecule has 2 aromatic carbocycles. The van der Waals surface area contributed by atoms with Gasteiger partial charge in [-0.3, -0.25) is 0 Å². The van der Waals surface area contributed by atoms with Crippen LogP contribution in [0.1, 0.15) is 0 Å². The van der Waals surface area contributed by atoms with E-state index in [9.17, 15) is 4.39 Å². The zero-order valence-electron chi connectivity index (χ0n) is 11.2. The summed E-state index contributed by atoms with van der Waals surface area (Å²) in [6.07, 6.45) is 0. The molecular weight excluding hydrogens is 273 g/mol. The number of methoxy groups -OCH3 is 1. The van der Waals surface area contributed by atoms with Gasteiger partial charge in [-0.2, -0.15) is 4.68 Å². The normalized spacial score (nSPS) is 10.6. The van der Waals surface area contributed by atoms with Gasteiger partial charge >= 0.3 is 0 Å². The predicted octanol–water partition coefficient (Wildman–Crippen LogP) is 2.06. The largest absolute Gasteiger partial charge is 0.494 e. The van der Waals surface area contributed by atoms with Gasteiger partial charge in [0, 0.05) is 5.69 Å². The number of para-hydroxylation sites is 2. The van der Waals surface area contributed by atoms with Gasteiger partial charge in [0.2, 0.25) is 0 Å². The lowest BCUT2D eigenvalue weighted by molar-refractivity contribution is 0.411. The standard InChI is InChI=1S/C14H12FN5O/c1-21-13-5-3-2-4-12(13)20-14(17-18-19-20)10-7-6-9(16)8-11(10)15/h2-8H,16H2,1H3. The summed E-state index contributed by atoms with van der Waals surface area (Å²) in [4.78, 5) is 0. The average molecular weight is 285 g/mol. The van der Waals surface area contributed by atoms with Crippen molar-refractivity contribution < 1.29 is 9.13 Å². The molecular formula is C14H12FN5O. The Morgan fingerprint density at radius 3 is 2.76 bits per heavy atom. The van der Waals surface area contributed by atoms with Gasteiger partial charge in [0.25, 0.3) is 0 Å². The van der Waals surface area contributed by atoms with Crippen LogP contribution in [-0.2, 0) is 0 Å². The minimum absolute atomic E-state index is 0.264. The molecule has 3 aromatic rings. The first kappa shape index (κ1) is 13.0. The summed E-state index contributed by atoms with van der Waals surface area (Å²) in [5.41, 5.74) is 6.78. The molecule has 1 aromatic heterocycles. The van der Waals surface area contributed by atoms with Crippen molar-refractivity contribution in [3.8, 4) is 22.8 Å². The highest BCUT2D eigenvalue weighted by atomic mass is 19.1. The molecule has 0 bridgehead atoms. The highest BCUT2D eigenvalue weighted by Crippen LogP contribution is 2.28. The quantitative estimate of drug-likeness (QED) is 0.745. The first-order chi connectivity index (χ1) is 10.2. The maximum atomic E-state index is 14.1. The summed E-state index contributed by atoms with van der Waals surface area (Å²) in [5.74, 6) is 0.375. The van der Waals surface area contributed by atoms with E-state index < -0.39 is 5.82 Å². The Labute approximate surface area is 120 Å². The van der Waals surface area contributed by atoms with E-state index in [-0.39, 0.29) is 11.4 Å². The molecule has 0 unspecified atom stereocenters. The average Bonchev–Trinajstić information content (AvgIpc) is 2.96. The van der Waals surface area contributed by atoms with Crippen LogP contribution in [-0.4, -0.2) is 27.3 Å². The monoisotopic (exact) mass is 285 g/mol. The molecule has 0 radical (unpaired) electrons. The summed E-state index contributed by atoms with van der Waals surface area (Å²) in [6, 6.07) is 11.6. The molecule has 0 spiro atoms. The molecule has 1 heterocycles. The lowest BCUT2D eigenvalue weighted by Gasteiger charge is -2.09. The number of hydrogen-bond acceptors (Lipinski definition) is 5. The summed E-state index contributed by atoms with van der Waals surface area (Å²) in [5, 5.41) is 11.4. The molecule has 0 amide bonds. The summed E-state index contributed by atoms with van der Waals surface area (Å²) in [7, 11) is 1.55. The number of hydrogen-bond donors (Lipinski definition) is 1. The Morgan fingerprint density at radius 2 is 2.00 bits per heavy atom. The van der Waals surface area contributed by atoms with Crippen LogP contribution in [0, 0.1) is 5.82 Å². The predicted molar refractivity (Wildman–Crippen MR) is 75.5 cm³/mol. The van der Waals surface area contributed by atoms with Crippen molar-refractivity contribution in [2.24, 2.45) is 0 Å². The SMILES string of the molecule is COc1ccccc1-n1nnnc1-c1ccc(N)cc1F. The Kier molecular flexibility index (Phi) is 3.23. The van der Waals surface area contributed by atoms with Crippen LogP contribution in [0.4, 0.5) is 10.1 Å². The van der Waals surface area contributed by atoms with Crippen molar-refractivity contribution in [2.45, 2.75) is 0 Å². The third-order valence-electron chi connectivity index (χ3n) is 3.02. The number of nitrogens with two attached hydrogens (primary N) is 1. The zero-order valence-corrected chi connectivity index (χ0v) is 11.2. The minimum atomic E-state index is -0.485. The number of anilines is 1. The minimum Gasteiger partial charge on any atom is -0.494 e. The Hall–Kier alpha value is -2.96. The van der Waals surface area contributed by atoms with Crippen LogP contribution in [0.5, 0.6) is 5.75 Å². The number of halogens is 1. The number of benzene rings is 2. The van der Waals surface area contributed by atoms with E-state index in [0.29, 0.717) is 17.1 Å². The topological polar surface area (TPSA) is 78.8 Å². The molecule has 106 valence electrons. The molecule has 0 aliphatic carbocycles. The van der Waals surface area contributed by atoms with Gasteiger partial charge in [-0.25, -0.2) is 4.39 Å². The number of nitrogen functional groups attached to an aromatic ring is 1. The molecule has 0 aliphatic rings. The molecule has 0 aliphatic heterocycles. The Bertz CT molecular complexity index is 787. The second-order valence-electron chi connectivity index (χ2n) is 4.33. The number of tetrazole rings is 1. The number of ether oxygens (including phenoxy) is 1. The van der Waals surface area contributed by atoms with Crippen molar-refractivity contribution in [2.75, 3.05) is 12.8 Å². The van der Waals surface area contributed by atoms with Crippen molar-refractivity contribution >= 4 is 5.69 Å². The first-order valence-electron chi connectivity index (χ1n) is 6.18. The van der Waals surface area contributed by atoms with E-state index in [4.69, 9.17) is 10.5 Å². The van der Waals surface area contributed by atoms with Gasteiger partial charge in [-0.05, 0) is 40.8 Å². The van der Waals surface area contributed by atoms with E-state index in [0.717, 1.165) is 0 Å². The molecule has 3 rings (SSSR count). The van der Waals surface area contributed by atoms with Crippen molar-refractivity contribution in [1.82, 2.24) is 20.2 Å². The number of nitrogens with zero attached hydrogens (tertiary/aromatic N) is 4. The Balaban J connectivity index is 2.17. The van der Waals surface area contributed by atoms with Crippen molar-refractivity contribution in [3.63, 3.8) is 0 Å². The molecule has 0 fully saturated rings. The fraction of sp³-hybridized carbons (Fsp3) is 0.0714. The van der Waals surface area contributed by atoms with Crippen molar-refractivity contribution in [3.05, 3.63) is 48.3 Å². The molecule has 0 saturated carbocycles. The van der Waals surface area contributed by atoms with E-state index in [1.54, 1.807) is 31.4 Å². The molecule has 0 atom stereocenters. The maximum absolute atomic E-state index is 14.1. The van der Waals surface area contributed by atoms with Gasteiger partial charge in [-0.15, -0.1) is 5.10 Å². The second kappa shape index (κ2) is 5.20. The van der Waals surface area contributed by atoms with Gasteiger partial charge < -0.3 is 10.5 Å². The van der Waals surface area contributed by atoms with E-state index in [1.165, 1.54) is 10.7 Å². The third-order valence-corrected chi connectivity index (χ3v) is 3.02. The highest BCUT2D eigenvalue weighted by Gasteiger charge is 2.17. The Morgan fingerprint density at radius 1 is 1.19 bits per heavy atom. The number of rotatable bonds is 3. The lowest BCUT2D eigenvalue weighted by atomic mass is 10.1. The lowest BCUT2D eigenvalue weighted by Crippen LogP contribution is -2.03. The van der Waals surface area contributed by atoms with Crippen LogP contribution < -0.4 is 10.5 Å². The summed E-state index contributed by atoms with van der Waals surface area (Å²) in [6.45, 7) is 0. The van der Waals surface area contributed by atoms with Gasteiger partial charge in [0.15, 0.2) is 5.82 Å². The fourth-order valence-corrected chi connectivity index (χ4v) is 2.03. The zero-order chi connectivity index (χ0) is 14.8. The summed E-state index contributed by atoms with van der Waals surface area (Å²) >= 11 is 0. The maximum Gasteiger partial charge on any atom is 0.190 e. The van der Waals surface area contributed by atoms with Gasteiger partial charge in [0.05, 0.1) is 12.7 Å². The first-order valence-corrected chi connectivity index (χ1v) is 6.18. The van der Waals surface area contributed by atoms with Gasteiger partial charge in [-0.1, -0.05) is 12.1 Å². The highest BCUT2D eigenvalue weighted by molar-refractivity contribution is 5.62.